The molecule has 1 aromatic heterocycles. The van der Waals surface area contributed by atoms with E-state index in [1.165, 1.54) is 0 Å². The van der Waals surface area contributed by atoms with Gasteiger partial charge in [0.25, 0.3) is 5.91 Å². The molecule has 1 amide bonds. The molecular formula is C17H21N3O2. The summed E-state index contributed by atoms with van der Waals surface area (Å²) in [4.78, 5) is 16.2. The molecule has 0 radical (unpaired) electrons. The van der Waals surface area contributed by atoms with Crippen molar-refractivity contribution in [3.05, 3.63) is 48.3 Å². The van der Waals surface area contributed by atoms with Crippen LogP contribution < -0.4 is 15.8 Å². The van der Waals surface area contributed by atoms with Crippen LogP contribution in [0.5, 0.6) is 5.75 Å². The van der Waals surface area contributed by atoms with Crippen molar-refractivity contribution in [2.45, 2.75) is 12.8 Å². The van der Waals surface area contributed by atoms with E-state index in [9.17, 15) is 4.79 Å². The molecule has 2 rings (SSSR count). The van der Waals surface area contributed by atoms with E-state index >= 15 is 0 Å². The summed E-state index contributed by atoms with van der Waals surface area (Å²) in [5, 5.41) is 2.88. The number of hydrogen-bond acceptors (Lipinski definition) is 4. The van der Waals surface area contributed by atoms with Crippen molar-refractivity contribution in [3.63, 3.8) is 0 Å². The van der Waals surface area contributed by atoms with E-state index in [4.69, 9.17) is 10.5 Å². The van der Waals surface area contributed by atoms with Crippen molar-refractivity contribution < 1.29 is 9.53 Å². The molecule has 0 bridgehead atoms. The first-order valence-corrected chi connectivity index (χ1v) is 7.32. The number of methoxy groups -OCH3 is 1. The lowest BCUT2D eigenvalue weighted by Gasteiger charge is -2.07. The zero-order chi connectivity index (χ0) is 15.8. The van der Waals surface area contributed by atoms with Gasteiger partial charge in [-0.25, -0.2) is 0 Å². The van der Waals surface area contributed by atoms with Crippen molar-refractivity contribution in [2.75, 3.05) is 20.2 Å². The number of aromatic nitrogens is 1. The Balaban J connectivity index is 2.06. The van der Waals surface area contributed by atoms with Gasteiger partial charge in [0, 0.05) is 24.5 Å². The summed E-state index contributed by atoms with van der Waals surface area (Å²) in [6.07, 6.45) is 5.11. The van der Waals surface area contributed by atoms with E-state index in [-0.39, 0.29) is 5.91 Å². The number of hydrogen-bond donors (Lipinski definition) is 2. The number of carbonyl (C=O) groups is 1. The summed E-state index contributed by atoms with van der Waals surface area (Å²) >= 11 is 0. The van der Waals surface area contributed by atoms with Gasteiger partial charge in [-0.3, -0.25) is 9.78 Å². The molecule has 0 saturated carbocycles. The third kappa shape index (κ3) is 4.30. The van der Waals surface area contributed by atoms with Crippen LogP contribution in [-0.4, -0.2) is 31.1 Å². The molecular weight excluding hydrogens is 278 g/mol. The van der Waals surface area contributed by atoms with E-state index in [2.05, 4.69) is 10.3 Å². The number of ether oxygens (including phenoxy) is 1. The zero-order valence-electron chi connectivity index (χ0n) is 12.7. The van der Waals surface area contributed by atoms with Gasteiger partial charge in [-0.05, 0) is 43.1 Å². The van der Waals surface area contributed by atoms with Crippen molar-refractivity contribution in [1.82, 2.24) is 10.3 Å². The summed E-state index contributed by atoms with van der Waals surface area (Å²) in [6, 6.07) is 9.49. The van der Waals surface area contributed by atoms with Crippen LogP contribution in [0.2, 0.25) is 0 Å². The van der Waals surface area contributed by atoms with Crippen LogP contribution >= 0.6 is 0 Å². The van der Waals surface area contributed by atoms with Crippen molar-refractivity contribution in [1.29, 1.82) is 0 Å². The SMILES string of the molecule is COc1ccc(-c2cncc(C(=O)NCCCCN)c2)cc1. The van der Waals surface area contributed by atoms with E-state index in [0.29, 0.717) is 18.7 Å². The smallest absolute Gasteiger partial charge is 0.252 e. The maximum atomic E-state index is 12.1. The number of carbonyl (C=O) groups excluding carboxylic acids is 1. The highest BCUT2D eigenvalue weighted by Gasteiger charge is 2.07. The Kier molecular flexibility index (Phi) is 5.91. The van der Waals surface area contributed by atoms with E-state index in [0.717, 1.165) is 29.7 Å². The Bertz CT molecular complexity index is 612. The quantitative estimate of drug-likeness (QED) is 0.769. The Hall–Kier alpha value is -2.40. The molecule has 1 heterocycles. The van der Waals surface area contributed by atoms with Gasteiger partial charge in [0.15, 0.2) is 0 Å². The molecule has 0 saturated heterocycles. The van der Waals surface area contributed by atoms with Gasteiger partial charge in [-0.2, -0.15) is 0 Å². The Morgan fingerprint density at radius 3 is 2.64 bits per heavy atom. The lowest BCUT2D eigenvalue weighted by Crippen LogP contribution is -2.25. The fourth-order valence-electron chi connectivity index (χ4n) is 2.08. The van der Waals surface area contributed by atoms with Gasteiger partial charge in [-0.15, -0.1) is 0 Å². The molecule has 0 fully saturated rings. The average Bonchev–Trinajstić information content (AvgIpc) is 2.59. The van der Waals surface area contributed by atoms with Crippen LogP contribution in [0.15, 0.2) is 42.7 Å². The van der Waals surface area contributed by atoms with Crippen molar-refractivity contribution in [2.24, 2.45) is 5.73 Å². The van der Waals surface area contributed by atoms with Crippen molar-refractivity contribution >= 4 is 5.91 Å². The number of nitrogens with two attached hydrogens (primary N) is 1. The molecule has 0 spiro atoms. The normalized spacial score (nSPS) is 10.3. The molecule has 5 nitrogen and oxygen atoms in total. The van der Waals surface area contributed by atoms with E-state index in [1.54, 1.807) is 19.5 Å². The van der Waals surface area contributed by atoms with Gasteiger partial charge in [0.2, 0.25) is 0 Å². The number of benzene rings is 1. The number of rotatable bonds is 7. The average molecular weight is 299 g/mol. The molecule has 5 heteroatoms. The van der Waals surface area contributed by atoms with Crippen LogP contribution in [0.1, 0.15) is 23.2 Å². The number of nitrogens with zero attached hydrogens (tertiary/aromatic N) is 1. The molecule has 2 aromatic rings. The lowest BCUT2D eigenvalue weighted by atomic mass is 10.1. The summed E-state index contributed by atoms with van der Waals surface area (Å²) in [7, 11) is 1.63. The van der Waals surface area contributed by atoms with E-state index < -0.39 is 0 Å². The predicted octanol–water partition coefficient (Wildman–Crippen LogP) is 2.23. The van der Waals surface area contributed by atoms with Gasteiger partial charge in [0.05, 0.1) is 12.7 Å². The van der Waals surface area contributed by atoms with Gasteiger partial charge >= 0.3 is 0 Å². The number of pyridine rings is 1. The van der Waals surface area contributed by atoms with Crippen LogP contribution in [0.4, 0.5) is 0 Å². The molecule has 0 unspecified atom stereocenters. The van der Waals surface area contributed by atoms with Crippen LogP contribution in [-0.2, 0) is 0 Å². The third-order valence-corrected chi connectivity index (χ3v) is 3.34. The minimum absolute atomic E-state index is 0.111. The number of amides is 1. The molecule has 0 aliphatic rings. The lowest BCUT2D eigenvalue weighted by molar-refractivity contribution is 0.0952. The van der Waals surface area contributed by atoms with Gasteiger partial charge < -0.3 is 15.8 Å². The topological polar surface area (TPSA) is 77.2 Å². The largest absolute Gasteiger partial charge is 0.497 e. The Morgan fingerprint density at radius 1 is 1.18 bits per heavy atom. The van der Waals surface area contributed by atoms with Crippen molar-refractivity contribution in [3.8, 4) is 16.9 Å². The second-order valence-electron chi connectivity index (χ2n) is 4.94. The zero-order valence-corrected chi connectivity index (χ0v) is 12.7. The molecule has 116 valence electrons. The Morgan fingerprint density at radius 2 is 1.95 bits per heavy atom. The fraction of sp³-hybridized carbons (Fsp3) is 0.294. The summed E-state index contributed by atoms with van der Waals surface area (Å²) in [5.41, 5.74) is 7.88. The first-order valence-electron chi connectivity index (χ1n) is 7.32. The molecule has 1 aromatic carbocycles. The first-order chi connectivity index (χ1) is 10.7. The monoisotopic (exact) mass is 299 g/mol. The molecule has 0 aliphatic heterocycles. The van der Waals surface area contributed by atoms with E-state index in [1.807, 2.05) is 30.3 Å². The maximum absolute atomic E-state index is 12.1. The van der Waals surface area contributed by atoms with Gasteiger partial charge in [-0.1, -0.05) is 12.1 Å². The second kappa shape index (κ2) is 8.14. The summed E-state index contributed by atoms with van der Waals surface area (Å²) in [6.45, 7) is 1.27. The first kappa shape index (κ1) is 16.0. The van der Waals surface area contributed by atoms with Gasteiger partial charge in [0.1, 0.15) is 5.75 Å². The molecule has 22 heavy (non-hydrogen) atoms. The highest BCUT2D eigenvalue weighted by atomic mass is 16.5. The molecule has 3 N–H and O–H groups in total. The number of nitrogens with one attached hydrogen (secondary N) is 1. The third-order valence-electron chi connectivity index (χ3n) is 3.34. The fourth-order valence-corrected chi connectivity index (χ4v) is 2.08. The Labute approximate surface area is 130 Å². The molecule has 0 atom stereocenters. The molecule has 0 aliphatic carbocycles. The minimum atomic E-state index is -0.111. The minimum Gasteiger partial charge on any atom is -0.497 e. The van der Waals surface area contributed by atoms with Crippen LogP contribution in [0, 0.1) is 0 Å². The summed E-state index contributed by atoms with van der Waals surface area (Å²) in [5.74, 6) is 0.686. The highest BCUT2D eigenvalue weighted by Crippen LogP contribution is 2.22. The maximum Gasteiger partial charge on any atom is 0.252 e. The standard InChI is InChI=1S/C17H21N3O2/c1-22-16-6-4-13(5-7-16)14-10-15(12-19-11-14)17(21)20-9-3-2-8-18/h4-7,10-12H,2-3,8-9,18H2,1H3,(H,20,21). The second-order valence-corrected chi connectivity index (χ2v) is 4.94. The number of unbranched alkanes of at least 4 members (excludes halogenated alkanes) is 1. The summed E-state index contributed by atoms with van der Waals surface area (Å²) < 4.78 is 5.14. The highest BCUT2D eigenvalue weighted by molar-refractivity contribution is 5.95. The van der Waals surface area contributed by atoms with Crippen LogP contribution in [0.25, 0.3) is 11.1 Å². The predicted molar refractivity (Wildman–Crippen MR) is 86.8 cm³/mol. The van der Waals surface area contributed by atoms with Crippen LogP contribution in [0.3, 0.4) is 0 Å².